The molecular formula is C30H26N2O6S. The highest BCUT2D eigenvalue weighted by Gasteiger charge is 2.48. The quantitative estimate of drug-likeness (QED) is 0.122. The maximum Gasteiger partial charge on any atom is 0.301 e. The third-order valence-corrected chi connectivity index (χ3v) is 7.25. The van der Waals surface area contributed by atoms with E-state index in [0.29, 0.717) is 52.2 Å². The van der Waals surface area contributed by atoms with E-state index in [9.17, 15) is 14.7 Å². The minimum atomic E-state index is -0.910. The lowest BCUT2D eigenvalue weighted by molar-refractivity contribution is -0.132. The second kappa shape index (κ2) is 11.0. The van der Waals surface area contributed by atoms with Crippen molar-refractivity contribution in [1.29, 1.82) is 0 Å². The van der Waals surface area contributed by atoms with Gasteiger partial charge in [-0.3, -0.25) is 14.5 Å². The number of hydrogen-bond donors (Lipinski definition) is 1. The first-order valence-electron chi connectivity index (χ1n) is 12.3. The molecule has 0 radical (unpaired) electrons. The van der Waals surface area contributed by atoms with E-state index in [1.54, 1.807) is 73.8 Å². The highest BCUT2D eigenvalue weighted by atomic mass is 32.1. The number of aliphatic hydroxyl groups is 1. The number of Topliss-reactive ketones (excluding diaryl/α,β-unsaturated/α-hetero) is 1. The number of carbonyl (C=O) groups is 2. The number of ether oxygens (including phenoxy) is 3. The normalized spacial score (nSPS) is 16.5. The number of thiazole rings is 1. The van der Waals surface area contributed by atoms with Gasteiger partial charge in [-0.25, -0.2) is 4.98 Å². The van der Waals surface area contributed by atoms with Gasteiger partial charge >= 0.3 is 5.91 Å². The Bertz CT molecular complexity index is 1570. The molecule has 0 saturated carbocycles. The SMILES string of the molecule is C=CCOc1ccc(C2C(=C(O)c3ccc(OCC)cc3)C(=O)C(=O)N2c2nc3ccc(OC)cc3s2)cc1. The number of rotatable bonds is 9. The topological polar surface area (TPSA) is 98.2 Å². The number of amides is 1. The van der Waals surface area contributed by atoms with Crippen LogP contribution in [0.5, 0.6) is 17.2 Å². The Morgan fingerprint density at radius 1 is 1.03 bits per heavy atom. The molecule has 1 aliphatic heterocycles. The summed E-state index contributed by atoms with van der Waals surface area (Å²) in [6, 6.07) is 18.2. The summed E-state index contributed by atoms with van der Waals surface area (Å²) in [5.41, 5.74) is 1.64. The maximum atomic E-state index is 13.5. The molecule has 5 rings (SSSR count). The van der Waals surface area contributed by atoms with E-state index in [4.69, 9.17) is 14.2 Å². The fourth-order valence-electron chi connectivity index (χ4n) is 4.40. The molecule has 1 fully saturated rings. The van der Waals surface area contributed by atoms with Crippen LogP contribution >= 0.6 is 11.3 Å². The number of aromatic nitrogens is 1. The van der Waals surface area contributed by atoms with Gasteiger partial charge in [0.05, 0.1) is 35.5 Å². The van der Waals surface area contributed by atoms with Gasteiger partial charge in [-0.1, -0.05) is 36.1 Å². The van der Waals surface area contributed by atoms with Crippen molar-refractivity contribution in [3.63, 3.8) is 0 Å². The lowest BCUT2D eigenvalue weighted by atomic mass is 9.95. The molecule has 0 aliphatic carbocycles. The van der Waals surface area contributed by atoms with Crippen LogP contribution in [0.1, 0.15) is 24.1 Å². The Kier molecular flexibility index (Phi) is 7.33. The van der Waals surface area contributed by atoms with E-state index in [-0.39, 0.29) is 11.3 Å². The molecule has 0 spiro atoms. The second-order valence-electron chi connectivity index (χ2n) is 8.63. The van der Waals surface area contributed by atoms with E-state index in [0.717, 1.165) is 4.70 Å². The van der Waals surface area contributed by atoms with Crippen molar-refractivity contribution in [2.24, 2.45) is 0 Å². The molecule has 2 heterocycles. The summed E-state index contributed by atoms with van der Waals surface area (Å²) in [4.78, 5) is 33.0. The number of aliphatic hydroxyl groups excluding tert-OH is 1. The van der Waals surface area contributed by atoms with Crippen LogP contribution in [0.15, 0.2) is 85.0 Å². The highest BCUT2D eigenvalue weighted by molar-refractivity contribution is 7.22. The van der Waals surface area contributed by atoms with Crippen LogP contribution in [-0.4, -0.2) is 42.1 Å². The Labute approximate surface area is 229 Å². The molecule has 0 bridgehead atoms. The van der Waals surface area contributed by atoms with E-state index >= 15 is 0 Å². The van der Waals surface area contributed by atoms with Gasteiger partial charge in [0.2, 0.25) is 0 Å². The van der Waals surface area contributed by atoms with Gasteiger partial charge in [-0.15, -0.1) is 0 Å². The molecule has 4 aromatic rings. The van der Waals surface area contributed by atoms with Gasteiger partial charge in [-0.05, 0) is 67.1 Å². The fourth-order valence-corrected chi connectivity index (χ4v) is 5.42. The first-order valence-corrected chi connectivity index (χ1v) is 13.1. The first kappa shape index (κ1) is 26.0. The maximum absolute atomic E-state index is 13.5. The summed E-state index contributed by atoms with van der Waals surface area (Å²) in [6.45, 7) is 6.37. The molecule has 1 atom stereocenters. The number of ketones is 1. The molecule has 9 heteroatoms. The van der Waals surface area contributed by atoms with Crippen LogP contribution in [0.4, 0.5) is 5.13 Å². The Hall–Kier alpha value is -4.63. The van der Waals surface area contributed by atoms with Crippen LogP contribution in [-0.2, 0) is 9.59 Å². The largest absolute Gasteiger partial charge is 0.507 e. The highest BCUT2D eigenvalue weighted by Crippen LogP contribution is 2.45. The van der Waals surface area contributed by atoms with Crippen molar-refractivity contribution in [2.75, 3.05) is 25.2 Å². The summed E-state index contributed by atoms with van der Waals surface area (Å²) in [5, 5.41) is 11.7. The number of hydrogen-bond acceptors (Lipinski definition) is 8. The van der Waals surface area contributed by atoms with Gasteiger partial charge < -0.3 is 19.3 Å². The van der Waals surface area contributed by atoms with Crippen molar-refractivity contribution in [2.45, 2.75) is 13.0 Å². The van der Waals surface area contributed by atoms with Crippen LogP contribution < -0.4 is 19.1 Å². The van der Waals surface area contributed by atoms with E-state index in [1.807, 2.05) is 13.0 Å². The summed E-state index contributed by atoms with van der Waals surface area (Å²) in [5.74, 6) is 0.0431. The van der Waals surface area contributed by atoms with Crippen molar-refractivity contribution in [3.8, 4) is 17.2 Å². The van der Waals surface area contributed by atoms with Crippen LogP contribution in [0.2, 0.25) is 0 Å². The Balaban J connectivity index is 1.64. The van der Waals surface area contributed by atoms with Crippen LogP contribution in [0.3, 0.4) is 0 Å². The zero-order chi connectivity index (χ0) is 27.5. The number of carbonyl (C=O) groups excluding carboxylic acids is 2. The van der Waals surface area contributed by atoms with Crippen LogP contribution in [0.25, 0.3) is 16.0 Å². The molecule has 198 valence electrons. The lowest BCUT2D eigenvalue weighted by Crippen LogP contribution is -2.29. The van der Waals surface area contributed by atoms with Gasteiger partial charge in [0.25, 0.3) is 5.78 Å². The van der Waals surface area contributed by atoms with Gasteiger partial charge in [0.1, 0.15) is 29.6 Å². The molecule has 1 unspecified atom stereocenters. The van der Waals surface area contributed by atoms with Gasteiger partial charge in [0.15, 0.2) is 5.13 Å². The van der Waals surface area contributed by atoms with E-state index < -0.39 is 17.7 Å². The van der Waals surface area contributed by atoms with Crippen molar-refractivity contribution >= 4 is 44.1 Å². The minimum absolute atomic E-state index is 0.0271. The standard InChI is InChI=1S/C30H26N2O6S/c1-4-16-38-21-10-6-18(7-11-21)26-25(27(33)19-8-12-20(13-9-19)37-5-2)28(34)29(35)32(26)30-31-23-15-14-22(36-3)17-24(23)39-30/h4,6-15,17,26,33H,1,5,16H2,2-3H3. The molecule has 1 aliphatic rings. The Morgan fingerprint density at radius 2 is 1.69 bits per heavy atom. The molecule has 1 amide bonds. The van der Waals surface area contributed by atoms with Crippen molar-refractivity contribution in [1.82, 2.24) is 4.98 Å². The third-order valence-electron chi connectivity index (χ3n) is 6.24. The van der Waals surface area contributed by atoms with Gasteiger partial charge in [0, 0.05) is 5.56 Å². The monoisotopic (exact) mass is 542 g/mol. The average Bonchev–Trinajstić information content (AvgIpc) is 3.49. The van der Waals surface area contributed by atoms with Gasteiger partial charge in [-0.2, -0.15) is 0 Å². The molecule has 1 saturated heterocycles. The van der Waals surface area contributed by atoms with E-state index in [1.165, 1.54) is 16.2 Å². The summed E-state index contributed by atoms with van der Waals surface area (Å²) < 4.78 is 17.2. The first-order chi connectivity index (χ1) is 18.9. The van der Waals surface area contributed by atoms with Crippen LogP contribution in [0, 0.1) is 0 Å². The zero-order valence-electron chi connectivity index (χ0n) is 21.4. The molecule has 8 nitrogen and oxygen atoms in total. The Morgan fingerprint density at radius 3 is 2.36 bits per heavy atom. The summed E-state index contributed by atoms with van der Waals surface area (Å²) in [7, 11) is 1.57. The van der Waals surface area contributed by atoms with Crippen molar-refractivity contribution < 1.29 is 28.9 Å². The molecular weight excluding hydrogens is 516 g/mol. The summed E-state index contributed by atoms with van der Waals surface area (Å²) in [6.07, 6.45) is 1.64. The van der Waals surface area contributed by atoms with E-state index in [2.05, 4.69) is 11.6 Å². The zero-order valence-corrected chi connectivity index (χ0v) is 22.2. The third kappa shape index (κ3) is 4.96. The summed E-state index contributed by atoms with van der Waals surface area (Å²) >= 11 is 1.26. The number of methoxy groups -OCH3 is 1. The van der Waals surface area contributed by atoms with Crippen molar-refractivity contribution in [3.05, 3.63) is 96.1 Å². The predicted molar refractivity (Wildman–Crippen MR) is 151 cm³/mol. The predicted octanol–water partition coefficient (Wildman–Crippen LogP) is 5.89. The fraction of sp³-hybridized carbons (Fsp3) is 0.167. The lowest BCUT2D eigenvalue weighted by Gasteiger charge is -2.23. The number of nitrogens with zero attached hydrogens (tertiary/aromatic N) is 2. The minimum Gasteiger partial charge on any atom is -0.507 e. The molecule has 3 aromatic carbocycles. The average molecular weight is 543 g/mol. The molecule has 1 N–H and O–H groups in total. The number of fused-ring (bicyclic) bond motifs is 1. The molecule has 1 aromatic heterocycles. The smallest absolute Gasteiger partial charge is 0.301 e. The number of anilines is 1. The second-order valence-corrected chi connectivity index (χ2v) is 9.63. The number of benzene rings is 3. The molecule has 39 heavy (non-hydrogen) atoms.